The number of aromatic amines is 1. The monoisotopic (exact) mass is 444 g/mol. The first kappa shape index (κ1) is 22.4. The lowest BCUT2D eigenvalue weighted by Crippen LogP contribution is -2.48. The summed E-state index contributed by atoms with van der Waals surface area (Å²) in [4.78, 5) is 30.6. The van der Waals surface area contributed by atoms with E-state index in [0.717, 1.165) is 47.9 Å². The Morgan fingerprint density at radius 2 is 1.97 bits per heavy atom. The van der Waals surface area contributed by atoms with E-state index in [9.17, 15) is 4.79 Å². The summed E-state index contributed by atoms with van der Waals surface area (Å²) in [5, 5.41) is 0.927. The molecule has 8 nitrogen and oxygen atoms in total. The van der Waals surface area contributed by atoms with E-state index >= 15 is 0 Å². The molecular weight excluding hydrogens is 416 g/mol. The number of anilines is 1. The molecule has 1 aromatic carbocycles. The fraction of sp³-hybridized carbons (Fsp3) is 0.320. The van der Waals surface area contributed by atoms with E-state index < -0.39 is 0 Å². The van der Waals surface area contributed by atoms with Crippen molar-refractivity contribution in [2.75, 3.05) is 58.3 Å². The number of amides is 1. The number of H-pyrrole nitrogens is 1. The predicted octanol–water partition coefficient (Wildman–Crippen LogP) is 2.15. The third-order valence-electron chi connectivity index (χ3n) is 5.30. The molecule has 1 fully saturated rings. The lowest BCUT2D eigenvalue weighted by molar-refractivity contribution is -0.126. The molecule has 0 saturated carbocycles. The third-order valence-corrected chi connectivity index (χ3v) is 5.30. The molecule has 0 atom stereocenters. The molecule has 1 saturated heterocycles. The van der Waals surface area contributed by atoms with E-state index in [1.807, 2.05) is 66.4 Å². The quantitative estimate of drug-likeness (QED) is 0.464. The SMILES string of the molecule is CN(C)CC=CC(=O)N1CCN(c2ncnc3[nH]c(C#CCOc4ccccc4)cc23)CC1. The van der Waals surface area contributed by atoms with Crippen molar-refractivity contribution >= 4 is 22.8 Å². The molecule has 4 rings (SSSR count). The average Bonchev–Trinajstić information content (AvgIpc) is 3.25. The number of likely N-dealkylation sites (N-methyl/N-ethyl adjacent to an activating group) is 1. The van der Waals surface area contributed by atoms with Crippen molar-refractivity contribution in [2.24, 2.45) is 0 Å². The molecule has 1 amide bonds. The molecule has 3 aromatic rings. The van der Waals surface area contributed by atoms with Crippen molar-refractivity contribution in [1.82, 2.24) is 24.8 Å². The topological polar surface area (TPSA) is 77.6 Å². The highest BCUT2D eigenvalue weighted by molar-refractivity contribution is 5.90. The first-order chi connectivity index (χ1) is 16.1. The Labute approximate surface area is 193 Å². The van der Waals surface area contributed by atoms with Crippen LogP contribution in [0.5, 0.6) is 5.75 Å². The van der Waals surface area contributed by atoms with Gasteiger partial charge in [0.05, 0.1) is 11.1 Å². The normalized spacial score (nSPS) is 14.0. The number of nitrogens with zero attached hydrogens (tertiary/aromatic N) is 5. The van der Waals surface area contributed by atoms with Crippen LogP contribution in [0.3, 0.4) is 0 Å². The zero-order valence-corrected chi connectivity index (χ0v) is 19.0. The Bertz CT molecular complexity index is 1170. The van der Waals surface area contributed by atoms with Crippen LogP contribution in [0, 0.1) is 11.8 Å². The summed E-state index contributed by atoms with van der Waals surface area (Å²) in [6.07, 6.45) is 5.12. The third kappa shape index (κ3) is 5.90. The molecule has 33 heavy (non-hydrogen) atoms. The minimum absolute atomic E-state index is 0.0567. The zero-order chi connectivity index (χ0) is 23.0. The summed E-state index contributed by atoms with van der Waals surface area (Å²) in [5.41, 5.74) is 1.52. The van der Waals surface area contributed by atoms with Gasteiger partial charge in [-0.2, -0.15) is 0 Å². The van der Waals surface area contributed by atoms with Crippen molar-refractivity contribution in [2.45, 2.75) is 0 Å². The Hall–Kier alpha value is -3.83. The number of rotatable bonds is 6. The van der Waals surface area contributed by atoms with Gasteiger partial charge >= 0.3 is 0 Å². The fourth-order valence-corrected chi connectivity index (χ4v) is 3.62. The van der Waals surface area contributed by atoms with Crippen LogP contribution in [0.4, 0.5) is 5.82 Å². The van der Waals surface area contributed by atoms with Crippen LogP contribution in [0.15, 0.2) is 54.9 Å². The minimum atomic E-state index is 0.0567. The van der Waals surface area contributed by atoms with Crippen molar-refractivity contribution in [1.29, 1.82) is 0 Å². The molecule has 8 heteroatoms. The van der Waals surface area contributed by atoms with Gasteiger partial charge in [0.15, 0.2) is 0 Å². The van der Waals surface area contributed by atoms with Gasteiger partial charge in [-0.3, -0.25) is 4.79 Å². The summed E-state index contributed by atoms with van der Waals surface area (Å²) in [6, 6.07) is 11.6. The second-order valence-electron chi connectivity index (χ2n) is 8.02. The minimum Gasteiger partial charge on any atom is -0.481 e. The van der Waals surface area contributed by atoms with Crippen LogP contribution in [0.1, 0.15) is 5.69 Å². The molecule has 0 unspecified atom stereocenters. The molecule has 1 aliphatic rings. The van der Waals surface area contributed by atoms with Crippen molar-refractivity contribution in [3.8, 4) is 17.6 Å². The summed E-state index contributed by atoms with van der Waals surface area (Å²) in [7, 11) is 3.96. The Morgan fingerprint density at radius 1 is 1.18 bits per heavy atom. The van der Waals surface area contributed by atoms with Crippen LogP contribution < -0.4 is 9.64 Å². The number of hydrogen-bond donors (Lipinski definition) is 1. The van der Waals surface area contributed by atoms with E-state index in [-0.39, 0.29) is 5.91 Å². The second-order valence-corrected chi connectivity index (χ2v) is 8.02. The van der Waals surface area contributed by atoms with Gasteiger partial charge in [-0.05, 0) is 38.2 Å². The first-order valence-electron chi connectivity index (χ1n) is 11.0. The number of carbonyl (C=O) groups excluding carboxylic acids is 1. The number of aromatic nitrogens is 3. The largest absolute Gasteiger partial charge is 0.481 e. The maximum atomic E-state index is 12.4. The first-order valence-corrected chi connectivity index (χ1v) is 11.0. The Balaban J connectivity index is 1.38. The van der Waals surface area contributed by atoms with Crippen molar-refractivity contribution in [3.05, 3.63) is 60.6 Å². The molecule has 170 valence electrons. The molecule has 0 radical (unpaired) electrons. The highest BCUT2D eigenvalue weighted by Gasteiger charge is 2.22. The summed E-state index contributed by atoms with van der Waals surface area (Å²) in [5.74, 6) is 7.85. The molecule has 2 aromatic heterocycles. The maximum absolute atomic E-state index is 12.4. The van der Waals surface area contributed by atoms with Crippen molar-refractivity contribution in [3.63, 3.8) is 0 Å². The standard InChI is InChI=1S/C25H28N6O2/c1-29(2)12-6-11-23(32)30-13-15-31(16-14-30)25-22-18-20(28-24(22)26-19-27-25)8-7-17-33-21-9-4-3-5-10-21/h3-6,9-11,18-19H,12-17H2,1-2H3,(H,26,27,28). The fourth-order valence-electron chi connectivity index (χ4n) is 3.62. The molecule has 0 aliphatic carbocycles. The number of ether oxygens (including phenoxy) is 1. The Kier molecular flexibility index (Phi) is 7.22. The maximum Gasteiger partial charge on any atom is 0.246 e. The van der Waals surface area contributed by atoms with E-state index in [0.29, 0.717) is 19.7 Å². The number of benzene rings is 1. The van der Waals surface area contributed by atoms with Crippen LogP contribution in [-0.2, 0) is 4.79 Å². The number of piperazine rings is 1. The number of fused-ring (bicyclic) bond motifs is 1. The zero-order valence-electron chi connectivity index (χ0n) is 19.0. The van der Waals surface area contributed by atoms with Crippen LogP contribution >= 0.6 is 0 Å². The van der Waals surface area contributed by atoms with E-state index in [4.69, 9.17) is 4.74 Å². The lowest BCUT2D eigenvalue weighted by atomic mass is 10.2. The molecule has 0 bridgehead atoms. The number of hydrogen-bond acceptors (Lipinski definition) is 6. The van der Waals surface area contributed by atoms with Crippen LogP contribution in [0.25, 0.3) is 11.0 Å². The van der Waals surface area contributed by atoms with Gasteiger partial charge in [0.1, 0.15) is 30.1 Å². The van der Waals surface area contributed by atoms with E-state index in [1.54, 1.807) is 12.4 Å². The molecular formula is C25H28N6O2. The van der Waals surface area contributed by atoms with Gasteiger partial charge in [-0.25, -0.2) is 9.97 Å². The van der Waals surface area contributed by atoms with Gasteiger partial charge in [0.2, 0.25) is 5.91 Å². The van der Waals surface area contributed by atoms with E-state index in [2.05, 4.69) is 31.7 Å². The van der Waals surface area contributed by atoms with Gasteiger partial charge in [0.25, 0.3) is 0 Å². The smallest absolute Gasteiger partial charge is 0.246 e. The predicted molar refractivity (Wildman–Crippen MR) is 129 cm³/mol. The van der Waals surface area contributed by atoms with Crippen LogP contribution in [-0.4, -0.2) is 84.1 Å². The van der Waals surface area contributed by atoms with Gasteiger partial charge < -0.3 is 24.4 Å². The average molecular weight is 445 g/mol. The van der Waals surface area contributed by atoms with Gasteiger partial charge in [0, 0.05) is 38.8 Å². The van der Waals surface area contributed by atoms with Gasteiger partial charge in [-0.1, -0.05) is 30.2 Å². The van der Waals surface area contributed by atoms with E-state index in [1.165, 1.54) is 0 Å². The highest BCUT2D eigenvalue weighted by atomic mass is 16.5. The van der Waals surface area contributed by atoms with Gasteiger partial charge in [-0.15, -0.1) is 0 Å². The molecule has 1 N–H and O–H groups in total. The lowest BCUT2D eigenvalue weighted by Gasteiger charge is -2.35. The summed E-state index contributed by atoms with van der Waals surface area (Å²) >= 11 is 0. The molecule has 1 aliphatic heterocycles. The Morgan fingerprint density at radius 3 is 2.73 bits per heavy atom. The number of carbonyl (C=O) groups is 1. The molecule has 0 spiro atoms. The highest BCUT2D eigenvalue weighted by Crippen LogP contribution is 2.24. The number of nitrogens with one attached hydrogen (secondary N) is 1. The summed E-state index contributed by atoms with van der Waals surface area (Å²) in [6.45, 7) is 3.81. The van der Waals surface area contributed by atoms with Crippen molar-refractivity contribution < 1.29 is 9.53 Å². The second kappa shape index (κ2) is 10.7. The van der Waals surface area contributed by atoms with Crippen LogP contribution in [0.2, 0.25) is 0 Å². The summed E-state index contributed by atoms with van der Waals surface area (Å²) < 4.78 is 5.62. The molecule has 3 heterocycles. The number of para-hydroxylation sites is 1.